The molecule has 2 unspecified atom stereocenters. The molecule has 0 aromatic rings. The fourth-order valence-corrected chi connectivity index (χ4v) is 2.09. The predicted molar refractivity (Wildman–Crippen MR) is 74.6 cm³/mol. The molecule has 3 amide bonds. The van der Waals surface area contributed by atoms with Gasteiger partial charge in [-0.25, -0.2) is 0 Å². The number of carboxylic acid groups (broad SMARTS) is 1. The van der Waals surface area contributed by atoms with Gasteiger partial charge in [-0.1, -0.05) is 19.8 Å². The van der Waals surface area contributed by atoms with Crippen molar-refractivity contribution in [2.24, 2.45) is 0 Å². The van der Waals surface area contributed by atoms with Gasteiger partial charge >= 0.3 is 5.97 Å². The number of hydrogen-bond donors (Lipinski definition) is 2. The van der Waals surface area contributed by atoms with E-state index in [1.54, 1.807) is 0 Å². The van der Waals surface area contributed by atoms with Crippen molar-refractivity contribution in [2.45, 2.75) is 44.7 Å². The Hall–Kier alpha value is -2.51. The van der Waals surface area contributed by atoms with Gasteiger partial charge in [0.05, 0.1) is 12.5 Å². The van der Waals surface area contributed by atoms with Gasteiger partial charge < -0.3 is 15.2 Å². The van der Waals surface area contributed by atoms with Crippen LogP contribution in [0.5, 0.6) is 0 Å². The number of unbranched alkanes of at least 4 members (excludes halogenated alkanes) is 1. The molecule has 1 rings (SSSR count). The molecule has 0 saturated heterocycles. The van der Waals surface area contributed by atoms with Crippen LogP contribution >= 0.6 is 0 Å². The maximum absolute atomic E-state index is 12.2. The molecule has 8 heteroatoms. The van der Waals surface area contributed by atoms with E-state index in [-0.39, 0.29) is 6.42 Å². The van der Waals surface area contributed by atoms with E-state index in [0.29, 0.717) is 12.7 Å². The van der Waals surface area contributed by atoms with E-state index in [9.17, 15) is 24.0 Å². The van der Waals surface area contributed by atoms with Crippen LogP contribution in [0, 0.1) is 0 Å². The minimum atomic E-state index is -1.24. The smallest absolute Gasteiger partial charge is 0.305 e. The lowest BCUT2D eigenvalue weighted by Gasteiger charge is -2.26. The van der Waals surface area contributed by atoms with E-state index in [2.05, 4.69) is 5.32 Å². The summed E-state index contributed by atoms with van der Waals surface area (Å²) in [6, 6.07) is -2.25. The lowest BCUT2D eigenvalue weighted by Crippen LogP contribution is -2.52. The first-order chi connectivity index (χ1) is 10.4. The topological polar surface area (TPSA) is 121 Å². The first kappa shape index (κ1) is 17.5. The van der Waals surface area contributed by atoms with Gasteiger partial charge in [0.25, 0.3) is 11.8 Å². The standard InChI is InChI=1S/C14H18N2O6/c1-2-3-4-10(16-11(18)5-6-12(16)19)14(22)15-9(8-17)7-13(20)21/h5-6,8-10H,2-4,7H2,1H3,(H,15,22)(H,20,21). The molecule has 0 saturated carbocycles. The van der Waals surface area contributed by atoms with Crippen molar-refractivity contribution < 1.29 is 29.1 Å². The normalized spacial score (nSPS) is 16.5. The summed E-state index contributed by atoms with van der Waals surface area (Å²) in [6.07, 6.45) is 3.50. The number of imide groups is 1. The fourth-order valence-electron chi connectivity index (χ4n) is 2.09. The average molecular weight is 310 g/mol. The minimum Gasteiger partial charge on any atom is -0.481 e. The average Bonchev–Trinajstić information content (AvgIpc) is 2.78. The second-order valence-corrected chi connectivity index (χ2v) is 4.89. The number of rotatable bonds is 9. The van der Waals surface area contributed by atoms with Gasteiger partial charge in [-0.05, 0) is 6.42 Å². The molecule has 0 fully saturated rings. The SMILES string of the molecule is CCCCC(C(=O)NC(C=O)CC(=O)O)N1C(=O)C=CC1=O. The van der Waals surface area contributed by atoms with Gasteiger partial charge in [-0.15, -0.1) is 0 Å². The van der Waals surface area contributed by atoms with E-state index in [4.69, 9.17) is 5.11 Å². The van der Waals surface area contributed by atoms with Gasteiger partial charge in [-0.2, -0.15) is 0 Å². The van der Waals surface area contributed by atoms with Crippen LogP contribution in [0.4, 0.5) is 0 Å². The van der Waals surface area contributed by atoms with Crippen molar-refractivity contribution >= 4 is 30.0 Å². The summed E-state index contributed by atoms with van der Waals surface area (Å²) >= 11 is 0. The Balaban J connectivity index is 2.84. The van der Waals surface area contributed by atoms with Crippen LogP contribution in [0.25, 0.3) is 0 Å². The predicted octanol–water partition coefficient (Wildman–Crippen LogP) is -0.371. The van der Waals surface area contributed by atoms with E-state index < -0.39 is 42.2 Å². The molecular weight excluding hydrogens is 292 g/mol. The van der Waals surface area contributed by atoms with Crippen LogP contribution in [-0.2, 0) is 24.0 Å². The summed E-state index contributed by atoms with van der Waals surface area (Å²) in [7, 11) is 0. The highest BCUT2D eigenvalue weighted by Crippen LogP contribution is 2.15. The Kier molecular flexibility index (Phi) is 6.43. The maximum Gasteiger partial charge on any atom is 0.305 e. The van der Waals surface area contributed by atoms with Gasteiger partial charge in [-0.3, -0.25) is 24.1 Å². The maximum atomic E-state index is 12.2. The van der Waals surface area contributed by atoms with Gasteiger partial charge in [0.2, 0.25) is 5.91 Å². The van der Waals surface area contributed by atoms with Crippen molar-refractivity contribution in [2.75, 3.05) is 0 Å². The quantitative estimate of drug-likeness (QED) is 0.443. The highest BCUT2D eigenvalue weighted by molar-refractivity contribution is 6.15. The molecule has 1 heterocycles. The molecule has 0 aliphatic carbocycles. The molecule has 22 heavy (non-hydrogen) atoms. The zero-order valence-electron chi connectivity index (χ0n) is 12.2. The number of aldehydes is 1. The number of hydrogen-bond acceptors (Lipinski definition) is 5. The van der Waals surface area contributed by atoms with E-state index in [1.165, 1.54) is 0 Å². The first-order valence-electron chi connectivity index (χ1n) is 6.93. The molecule has 0 spiro atoms. The molecule has 120 valence electrons. The molecule has 2 atom stereocenters. The molecule has 1 aliphatic heterocycles. The Bertz CT molecular complexity index is 495. The van der Waals surface area contributed by atoms with Crippen LogP contribution in [-0.4, -0.2) is 52.1 Å². The second-order valence-electron chi connectivity index (χ2n) is 4.89. The number of amides is 3. The molecule has 0 aromatic carbocycles. The molecule has 1 aliphatic rings. The van der Waals surface area contributed by atoms with Crippen LogP contribution in [0.2, 0.25) is 0 Å². The molecular formula is C14H18N2O6. The number of nitrogens with zero attached hydrogens (tertiary/aromatic N) is 1. The number of aliphatic carboxylic acids is 1. The zero-order chi connectivity index (χ0) is 16.7. The highest BCUT2D eigenvalue weighted by Gasteiger charge is 2.36. The lowest BCUT2D eigenvalue weighted by molar-refractivity contribution is -0.146. The Labute approximate surface area is 127 Å². The number of carboxylic acids is 1. The van der Waals surface area contributed by atoms with E-state index >= 15 is 0 Å². The second kappa shape index (κ2) is 8.06. The number of carbonyl (C=O) groups excluding carboxylic acids is 4. The van der Waals surface area contributed by atoms with E-state index in [0.717, 1.165) is 23.5 Å². The van der Waals surface area contributed by atoms with Crippen molar-refractivity contribution in [1.29, 1.82) is 0 Å². The van der Waals surface area contributed by atoms with E-state index in [1.807, 2.05) is 6.92 Å². The van der Waals surface area contributed by atoms with Crippen molar-refractivity contribution in [3.8, 4) is 0 Å². The van der Waals surface area contributed by atoms with Crippen molar-refractivity contribution in [1.82, 2.24) is 10.2 Å². The summed E-state index contributed by atoms with van der Waals surface area (Å²) in [4.78, 5) is 57.9. The first-order valence-corrected chi connectivity index (χ1v) is 6.93. The van der Waals surface area contributed by atoms with Gasteiger partial charge in [0.1, 0.15) is 12.3 Å². The number of nitrogens with one attached hydrogen (secondary N) is 1. The molecule has 0 radical (unpaired) electrons. The fraction of sp³-hybridized carbons (Fsp3) is 0.500. The van der Waals surface area contributed by atoms with Crippen molar-refractivity contribution in [3.63, 3.8) is 0 Å². The lowest BCUT2D eigenvalue weighted by atomic mass is 10.1. The van der Waals surface area contributed by atoms with Crippen LogP contribution in [0.15, 0.2) is 12.2 Å². The van der Waals surface area contributed by atoms with Crippen LogP contribution < -0.4 is 5.32 Å². The summed E-state index contributed by atoms with van der Waals surface area (Å²) in [5.74, 6) is -3.14. The summed E-state index contributed by atoms with van der Waals surface area (Å²) in [6.45, 7) is 1.89. The third-order valence-electron chi connectivity index (χ3n) is 3.18. The van der Waals surface area contributed by atoms with Gasteiger partial charge in [0.15, 0.2) is 0 Å². The third kappa shape index (κ3) is 4.51. The van der Waals surface area contributed by atoms with Crippen molar-refractivity contribution in [3.05, 3.63) is 12.2 Å². The Morgan fingerprint density at radius 1 is 1.32 bits per heavy atom. The summed E-state index contributed by atoms with van der Waals surface area (Å²) in [5.41, 5.74) is 0. The number of carbonyl (C=O) groups is 5. The summed E-state index contributed by atoms with van der Waals surface area (Å²) in [5, 5.41) is 10.9. The van der Waals surface area contributed by atoms with Crippen LogP contribution in [0.1, 0.15) is 32.6 Å². The van der Waals surface area contributed by atoms with Crippen LogP contribution in [0.3, 0.4) is 0 Å². The molecule has 0 aromatic heterocycles. The molecule has 8 nitrogen and oxygen atoms in total. The zero-order valence-corrected chi connectivity index (χ0v) is 12.2. The Morgan fingerprint density at radius 2 is 1.91 bits per heavy atom. The monoisotopic (exact) mass is 310 g/mol. The summed E-state index contributed by atoms with van der Waals surface area (Å²) < 4.78 is 0. The minimum absolute atomic E-state index is 0.250. The Morgan fingerprint density at radius 3 is 2.36 bits per heavy atom. The molecule has 2 N–H and O–H groups in total. The largest absolute Gasteiger partial charge is 0.481 e. The third-order valence-corrected chi connectivity index (χ3v) is 3.18. The van der Waals surface area contributed by atoms with Gasteiger partial charge in [0, 0.05) is 12.2 Å². The molecule has 0 bridgehead atoms. The highest BCUT2D eigenvalue weighted by atomic mass is 16.4.